The van der Waals surface area contributed by atoms with Gasteiger partial charge < -0.3 is 15.8 Å². The molecule has 1 atom stereocenters. The molecule has 0 rings (SSSR count). The highest BCUT2D eigenvalue weighted by atomic mass is 16.6. The minimum Gasteiger partial charge on any atom is -0.436 e. The fourth-order valence-electron chi connectivity index (χ4n) is 1.52. The molecule has 0 saturated carbocycles. The second-order valence-corrected chi connectivity index (χ2v) is 6.53. The Bertz CT molecular complexity index is 391. The van der Waals surface area contributed by atoms with Crippen molar-refractivity contribution >= 4 is 17.9 Å². The van der Waals surface area contributed by atoms with Crippen LogP contribution in [0.5, 0.6) is 0 Å². The number of alkyl carbamates (subject to hydrolysis) is 1. The van der Waals surface area contributed by atoms with Gasteiger partial charge in [0.2, 0.25) is 5.91 Å². The Balaban J connectivity index is 4.46. The minimum atomic E-state index is -0.913. The third kappa shape index (κ3) is 10.9. The lowest BCUT2D eigenvalue weighted by molar-refractivity contribution is -0.131. The third-order valence-electron chi connectivity index (χ3n) is 2.41. The van der Waals surface area contributed by atoms with E-state index in [9.17, 15) is 14.4 Å². The van der Waals surface area contributed by atoms with Gasteiger partial charge in [0, 0.05) is 18.5 Å². The van der Waals surface area contributed by atoms with Crippen LogP contribution in [0.4, 0.5) is 4.79 Å². The van der Waals surface area contributed by atoms with E-state index >= 15 is 0 Å². The first-order chi connectivity index (χ1) is 10.0. The van der Waals surface area contributed by atoms with Crippen LogP contribution in [0.25, 0.3) is 0 Å². The lowest BCUT2D eigenvalue weighted by atomic mass is 10.1. The molecule has 0 fully saturated rings. The predicted octanol–water partition coefficient (Wildman–Crippen LogP) is 0.422. The molecule has 22 heavy (non-hydrogen) atoms. The second-order valence-electron chi connectivity index (χ2n) is 6.53. The van der Waals surface area contributed by atoms with Crippen LogP contribution < -0.4 is 21.9 Å². The van der Waals surface area contributed by atoms with E-state index in [1.54, 1.807) is 0 Å². The highest BCUT2D eigenvalue weighted by molar-refractivity contribution is 5.83. The maximum absolute atomic E-state index is 12.0. The van der Waals surface area contributed by atoms with E-state index in [-0.39, 0.29) is 18.9 Å². The maximum Gasteiger partial charge on any atom is 0.408 e. The molecule has 0 spiro atoms. The summed E-state index contributed by atoms with van der Waals surface area (Å²) in [7, 11) is 0. The first-order valence-electron chi connectivity index (χ1n) is 7.31. The lowest BCUT2D eigenvalue weighted by Crippen LogP contribution is -2.49. The molecule has 0 aliphatic rings. The van der Waals surface area contributed by atoms with Gasteiger partial charge in [-0.05, 0) is 33.1 Å². The van der Waals surface area contributed by atoms with E-state index in [2.05, 4.69) is 16.2 Å². The second kappa shape index (κ2) is 9.24. The third-order valence-corrected chi connectivity index (χ3v) is 2.41. The summed E-state index contributed by atoms with van der Waals surface area (Å²) in [6, 6.07) is 0. The fourth-order valence-corrected chi connectivity index (χ4v) is 1.52. The van der Waals surface area contributed by atoms with Crippen molar-refractivity contribution in [3.8, 4) is 0 Å². The Kier molecular flexibility index (Phi) is 8.47. The topological polar surface area (TPSA) is 123 Å². The quantitative estimate of drug-likeness (QED) is 0.382. The summed E-state index contributed by atoms with van der Waals surface area (Å²) in [6.07, 6.45) is -1.07. The van der Waals surface area contributed by atoms with Gasteiger partial charge in [0.1, 0.15) is 0 Å². The van der Waals surface area contributed by atoms with E-state index < -0.39 is 29.6 Å². The number of ether oxygens (including phenoxy) is 1. The lowest BCUT2D eigenvalue weighted by Gasteiger charge is -2.24. The van der Waals surface area contributed by atoms with Gasteiger partial charge in [-0.2, -0.15) is 0 Å². The Hall–Kier alpha value is -1.83. The van der Waals surface area contributed by atoms with Gasteiger partial charge in [0.25, 0.3) is 5.91 Å². The van der Waals surface area contributed by atoms with Crippen molar-refractivity contribution in [2.75, 3.05) is 6.54 Å². The number of primary amides is 1. The summed E-state index contributed by atoms with van der Waals surface area (Å²) in [5.74, 6) is -0.771. The number of hydrogen-bond acceptors (Lipinski definition) is 5. The molecule has 8 nitrogen and oxygen atoms in total. The summed E-state index contributed by atoms with van der Waals surface area (Å²) < 4.78 is 5.18. The van der Waals surface area contributed by atoms with Gasteiger partial charge in [-0.3, -0.25) is 15.0 Å². The number of hydrogen-bond donors (Lipinski definition) is 4. The Morgan fingerprint density at radius 1 is 1.18 bits per heavy atom. The first-order valence-corrected chi connectivity index (χ1v) is 7.31. The molecule has 5 N–H and O–H groups in total. The first kappa shape index (κ1) is 20.2. The summed E-state index contributed by atoms with van der Waals surface area (Å²) in [5, 5.41) is 2.64. The van der Waals surface area contributed by atoms with Gasteiger partial charge >= 0.3 is 6.09 Å². The number of nitrogens with two attached hydrogens (primary N) is 1. The fraction of sp³-hybridized carbons (Fsp3) is 0.786. The molecule has 0 aromatic heterocycles. The molecule has 128 valence electrons. The Morgan fingerprint density at radius 3 is 2.23 bits per heavy atom. The average Bonchev–Trinajstić information content (AvgIpc) is 2.30. The number of carbonyl (C=O) groups is 3. The number of carbonyl (C=O) groups excluding carboxylic acids is 3. The van der Waals surface area contributed by atoms with Gasteiger partial charge in [0.15, 0.2) is 6.10 Å². The van der Waals surface area contributed by atoms with Gasteiger partial charge in [-0.25, -0.2) is 10.2 Å². The predicted molar refractivity (Wildman–Crippen MR) is 82.6 cm³/mol. The van der Waals surface area contributed by atoms with Crippen molar-refractivity contribution in [1.29, 1.82) is 0 Å². The van der Waals surface area contributed by atoms with E-state index in [0.29, 0.717) is 6.42 Å². The average molecular weight is 316 g/mol. The smallest absolute Gasteiger partial charge is 0.408 e. The van der Waals surface area contributed by atoms with Crippen LogP contribution in [0.1, 0.15) is 47.5 Å². The number of nitrogens with one attached hydrogen (secondary N) is 3. The van der Waals surface area contributed by atoms with E-state index in [1.807, 2.05) is 34.6 Å². The highest BCUT2D eigenvalue weighted by Crippen LogP contribution is 2.10. The number of hydrazine groups is 1. The summed E-state index contributed by atoms with van der Waals surface area (Å²) in [6.45, 7) is 9.51. The van der Waals surface area contributed by atoms with Crippen LogP contribution in [-0.4, -0.2) is 36.1 Å². The normalized spacial score (nSPS) is 12.6. The zero-order valence-electron chi connectivity index (χ0n) is 14.0. The monoisotopic (exact) mass is 316 g/mol. The molecule has 0 aromatic rings. The summed E-state index contributed by atoms with van der Waals surface area (Å²) in [5.41, 5.74) is 9.53. The van der Waals surface area contributed by atoms with Crippen molar-refractivity contribution in [3.05, 3.63) is 0 Å². The van der Waals surface area contributed by atoms with Crippen molar-refractivity contribution in [1.82, 2.24) is 16.2 Å². The minimum absolute atomic E-state index is 0.0977. The molecular weight excluding hydrogens is 288 g/mol. The maximum atomic E-state index is 12.0. The molecule has 0 saturated heterocycles. The van der Waals surface area contributed by atoms with Crippen molar-refractivity contribution < 1.29 is 19.1 Å². The zero-order valence-corrected chi connectivity index (χ0v) is 14.0. The molecule has 0 aliphatic carbocycles. The largest absolute Gasteiger partial charge is 0.436 e. The summed E-state index contributed by atoms with van der Waals surface area (Å²) >= 11 is 0. The van der Waals surface area contributed by atoms with Crippen molar-refractivity contribution in [2.24, 2.45) is 11.7 Å². The van der Waals surface area contributed by atoms with Crippen LogP contribution in [0, 0.1) is 5.92 Å². The number of amides is 3. The van der Waals surface area contributed by atoms with Gasteiger partial charge in [-0.15, -0.1) is 0 Å². The van der Waals surface area contributed by atoms with Crippen LogP contribution in [0.3, 0.4) is 0 Å². The van der Waals surface area contributed by atoms with Crippen LogP contribution >= 0.6 is 0 Å². The van der Waals surface area contributed by atoms with Crippen LogP contribution in [-0.2, 0) is 14.3 Å². The highest BCUT2D eigenvalue weighted by Gasteiger charge is 2.25. The van der Waals surface area contributed by atoms with E-state index in [4.69, 9.17) is 10.5 Å². The van der Waals surface area contributed by atoms with Gasteiger partial charge in [0.05, 0.1) is 0 Å². The Morgan fingerprint density at radius 2 is 1.77 bits per heavy atom. The molecule has 0 radical (unpaired) electrons. The Labute approximate surface area is 131 Å². The standard InChI is InChI=1S/C14H28N4O4/c1-9(2)8-10(22-13(21)17-14(3,4)5)12(20)18-16-7-6-11(15)19/h9-10,16H,6-8H2,1-5H3,(H2,15,19)(H,17,21)(H,18,20)/t10-/m0/s1. The molecule has 8 heteroatoms. The summed E-state index contributed by atoms with van der Waals surface area (Å²) in [4.78, 5) is 34.4. The number of rotatable bonds is 8. The SMILES string of the molecule is CC(C)C[C@H](OC(=O)NC(C)(C)C)C(=O)NNCCC(N)=O. The van der Waals surface area contributed by atoms with Crippen LogP contribution in [0.2, 0.25) is 0 Å². The molecule has 0 aromatic carbocycles. The van der Waals surface area contributed by atoms with Crippen LogP contribution in [0.15, 0.2) is 0 Å². The van der Waals surface area contributed by atoms with E-state index in [0.717, 1.165) is 0 Å². The molecular formula is C14H28N4O4. The molecule has 0 aliphatic heterocycles. The zero-order chi connectivity index (χ0) is 17.3. The molecule has 0 unspecified atom stereocenters. The molecule has 0 bridgehead atoms. The molecule has 3 amide bonds. The van der Waals surface area contributed by atoms with E-state index in [1.165, 1.54) is 0 Å². The molecule has 0 heterocycles. The van der Waals surface area contributed by atoms with Gasteiger partial charge in [-0.1, -0.05) is 13.8 Å². The van der Waals surface area contributed by atoms with Crippen molar-refractivity contribution in [2.45, 2.75) is 59.1 Å². The van der Waals surface area contributed by atoms with Crippen molar-refractivity contribution in [3.63, 3.8) is 0 Å².